The van der Waals surface area contributed by atoms with E-state index in [-0.39, 0.29) is 24.7 Å². The third kappa shape index (κ3) is 3.08. The summed E-state index contributed by atoms with van der Waals surface area (Å²) in [4.78, 5) is 0. The average Bonchev–Trinajstić information content (AvgIpc) is 2.66. The predicted molar refractivity (Wildman–Crippen MR) is 91.7 cm³/mol. The number of hydrogen-bond acceptors (Lipinski definition) is 3. The first-order valence-electron chi connectivity index (χ1n) is 8.76. The van der Waals surface area contributed by atoms with Crippen LogP contribution < -0.4 is 5.32 Å². The summed E-state index contributed by atoms with van der Waals surface area (Å²) in [6.45, 7) is -0.124. The van der Waals surface area contributed by atoms with Crippen molar-refractivity contribution in [2.24, 2.45) is 5.92 Å². The molecule has 2 aliphatic heterocycles. The molecule has 0 bridgehead atoms. The van der Waals surface area contributed by atoms with Crippen molar-refractivity contribution in [3.8, 4) is 0 Å². The summed E-state index contributed by atoms with van der Waals surface area (Å²) < 4.78 is 45.5. The highest BCUT2D eigenvalue weighted by atomic mass is 19.4. The maximum absolute atomic E-state index is 13.2. The number of halogens is 3. The summed E-state index contributed by atoms with van der Waals surface area (Å²) in [5.41, 5.74) is 1.59. The van der Waals surface area contributed by atoms with Gasteiger partial charge in [-0.15, -0.1) is 0 Å². The molecule has 2 aromatic rings. The van der Waals surface area contributed by atoms with Crippen molar-refractivity contribution in [3.63, 3.8) is 0 Å². The fraction of sp³-hybridized carbons (Fsp3) is 0.400. The Morgan fingerprint density at radius 3 is 2.54 bits per heavy atom. The highest BCUT2D eigenvalue weighted by Crippen LogP contribution is 2.51. The second kappa shape index (κ2) is 6.59. The van der Waals surface area contributed by atoms with Crippen LogP contribution in [0.4, 0.5) is 18.9 Å². The Balaban J connectivity index is 1.77. The third-order valence-corrected chi connectivity index (χ3v) is 5.34. The van der Waals surface area contributed by atoms with Crippen molar-refractivity contribution in [2.75, 3.05) is 11.9 Å². The van der Waals surface area contributed by atoms with E-state index in [0.717, 1.165) is 18.1 Å². The average molecular weight is 363 g/mol. The SMILES string of the molecule is OC[C@H]1CC[C@@H]2[C@H](O1)c1cc(C(F)(F)F)ccc1N[C@H]2c1ccccc1. The Labute approximate surface area is 149 Å². The number of aliphatic hydroxyl groups excluding tert-OH is 1. The molecule has 4 rings (SSSR count). The fourth-order valence-electron chi connectivity index (χ4n) is 4.06. The Morgan fingerprint density at radius 2 is 1.85 bits per heavy atom. The smallest absolute Gasteiger partial charge is 0.394 e. The Hall–Kier alpha value is -2.05. The van der Waals surface area contributed by atoms with Crippen LogP contribution in [0.2, 0.25) is 0 Å². The van der Waals surface area contributed by atoms with Crippen LogP contribution in [0.25, 0.3) is 0 Å². The fourth-order valence-corrected chi connectivity index (χ4v) is 4.06. The summed E-state index contributed by atoms with van der Waals surface area (Å²) in [5.74, 6) is 0.0104. The van der Waals surface area contributed by atoms with Crippen molar-refractivity contribution in [1.82, 2.24) is 0 Å². The van der Waals surface area contributed by atoms with Gasteiger partial charge in [0.15, 0.2) is 0 Å². The van der Waals surface area contributed by atoms with E-state index < -0.39 is 17.8 Å². The normalized spacial score (nSPS) is 28.0. The van der Waals surface area contributed by atoms with Crippen LogP contribution in [0, 0.1) is 5.92 Å². The van der Waals surface area contributed by atoms with Gasteiger partial charge >= 0.3 is 6.18 Å². The van der Waals surface area contributed by atoms with Gasteiger partial charge in [0.05, 0.1) is 30.4 Å². The Bertz CT molecular complexity index is 778. The summed E-state index contributed by atoms with van der Waals surface area (Å²) in [5, 5.41) is 12.9. The summed E-state index contributed by atoms with van der Waals surface area (Å²) in [6.07, 6.45) is -3.74. The number of anilines is 1. The zero-order valence-electron chi connectivity index (χ0n) is 14.0. The minimum absolute atomic E-state index is 0.0104. The Morgan fingerprint density at radius 1 is 1.08 bits per heavy atom. The first kappa shape index (κ1) is 17.4. The van der Waals surface area contributed by atoms with E-state index in [9.17, 15) is 18.3 Å². The van der Waals surface area contributed by atoms with Crippen LogP contribution in [-0.4, -0.2) is 17.8 Å². The number of hydrogen-bond donors (Lipinski definition) is 2. The molecule has 0 radical (unpaired) electrons. The van der Waals surface area contributed by atoms with Gasteiger partial charge in [0, 0.05) is 17.2 Å². The van der Waals surface area contributed by atoms with Crippen LogP contribution >= 0.6 is 0 Å². The standard InChI is InChI=1S/C20H20F3NO2/c21-20(22,23)13-6-9-17-16(10-13)19-15(8-7-14(11-25)26-19)18(24-17)12-4-2-1-3-5-12/h1-6,9-10,14-15,18-19,24-25H,7-8,11H2/t14-,15+,18+,19+/m1/s1. The molecule has 0 saturated carbocycles. The van der Waals surface area contributed by atoms with Crippen molar-refractivity contribution in [2.45, 2.75) is 37.3 Å². The number of aliphatic hydroxyl groups is 1. The van der Waals surface area contributed by atoms with E-state index in [4.69, 9.17) is 4.74 Å². The molecule has 2 aromatic carbocycles. The third-order valence-electron chi connectivity index (χ3n) is 5.34. The van der Waals surface area contributed by atoms with E-state index >= 15 is 0 Å². The lowest BCUT2D eigenvalue weighted by atomic mass is 9.76. The first-order valence-corrected chi connectivity index (χ1v) is 8.76. The molecule has 2 aliphatic rings. The van der Waals surface area contributed by atoms with Gasteiger partial charge in [0.2, 0.25) is 0 Å². The first-order chi connectivity index (χ1) is 12.5. The van der Waals surface area contributed by atoms with Crippen LogP contribution in [0.3, 0.4) is 0 Å². The largest absolute Gasteiger partial charge is 0.416 e. The molecule has 26 heavy (non-hydrogen) atoms. The van der Waals surface area contributed by atoms with Crippen molar-refractivity contribution in [3.05, 3.63) is 65.2 Å². The maximum atomic E-state index is 13.2. The van der Waals surface area contributed by atoms with E-state index in [1.807, 2.05) is 30.3 Å². The van der Waals surface area contributed by atoms with Gasteiger partial charge < -0.3 is 15.2 Å². The maximum Gasteiger partial charge on any atom is 0.416 e. The lowest BCUT2D eigenvalue weighted by molar-refractivity contribution is -0.138. The minimum Gasteiger partial charge on any atom is -0.394 e. The number of alkyl halides is 3. The molecule has 0 aliphatic carbocycles. The highest BCUT2D eigenvalue weighted by molar-refractivity contribution is 5.58. The number of nitrogens with one attached hydrogen (secondary N) is 1. The Kier molecular flexibility index (Phi) is 4.40. The molecular formula is C20H20F3NO2. The summed E-state index contributed by atoms with van der Waals surface area (Å²) in [6, 6.07) is 13.6. The van der Waals surface area contributed by atoms with Gasteiger partial charge in [-0.25, -0.2) is 0 Å². The van der Waals surface area contributed by atoms with Crippen molar-refractivity contribution >= 4 is 5.69 Å². The number of benzene rings is 2. The molecule has 3 nitrogen and oxygen atoms in total. The lowest BCUT2D eigenvalue weighted by Crippen LogP contribution is -2.40. The van der Waals surface area contributed by atoms with Crippen LogP contribution in [0.1, 0.15) is 41.7 Å². The minimum atomic E-state index is -4.40. The van der Waals surface area contributed by atoms with Gasteiger partial charge in [0.1, 0.15) is 0 Å². The van der Waals surface area contributed by atoms with Gasteiger partial charge in [-0.05, 0) is 36.6 Å². The molecule has 1 fully saturated rings. The van der Waals surface area contributed by atoms with E-state index in [2.05, 4.69) is 5.32 Å². The molecular weight excluding hydrogens is 343 g/mol. The molecule has 6 heteroatoms. The molecule has 0 aromatic heterocycles. The molecule has 2 heterocycles. The molecule has 0 unspecified atom stereocenters. The van der Waals surface area contributed by atoms with Crippen molar-refractivity contribution in [1.29, 1.82) is 0 Å². The number of rotatable bonds is 2. The molecule has 0 amide bonds. The zero-order valence-corrected chi connectivity index (χ0v) is 14.0. The molecule has 0 spiro atoms. The number of fused-ring (bicyclic) bond motifs is 3. The van der Waals surface area contributed by atoms with E-state index in [0.29, 0.717) is 17.7 Å². The van der Waals surface area contributed by atoms with Crippen molar-refractivity contribution < 1.29 is 23.0 Å². The monoisotopic (exact) mass is 363 g/mol. The van der Waals surface area contributed by atoms with Crippen LogP contribution in [0.5, 0.6) is 0 Å². The summed E-state index contributed by atoms with van der Waals surface area (Å²) >= 11 is 0. The van der Waals surface area contributed by atoms with Crippen LogP contribution in [-0.2, 0) is 10.9 Å². The molecule has 4 atom stereocenters. The number of ether oxygens (including phenoxy) is 1. The lowest BCUT2D eigenvalue weighted by Gasteiger charge is -2.45. The van der Waals surface area contributed by atoms with Gasteiger partial charge in [-0.2, -0.15) is 13.2 Å². The summed E-state index contributed by atoms with van der Waals surface area (Å²) in [7, 11) is 0. The second-order valence-electron chi connectivity index (χ2n) is 6.93. The molecule has 1 saturated heterocycles. The van der Waals surface area contributed by atoms with Gasteiger partial charge in [-0.1, -0.05) is 30.3 Å². The predicted octanol–water partition coefficient (Wildman–Crippen LogP) is 4.70. The molecule has 138 valence electrons. The topological polar surface area (TPSA) is 41.5 Å². The molecule has 2 N–H and O–H groups in total. The van der Waals surface area contributed by atoms with Gasteiger partial charge in [-0.3, -0.25) is 0 Å². The second-order valence-corrected chi connectivity index (χ2v) is 6.93. The highest BCUT2D eigenvalue weighted by Gasteiger charge is 2.43. The van der Waals surface area contributed by atoms with Gasteiger partial charge in [0.25, 0.3) is 0 Å². The van der Waals surface area contributed by atoms with E-state index in [1.54, 1.807) is 0 Å². The van der Waals surface area contributed by atoms with Crippen LogP contribution in [0.15, 0.2) is 48.5 Å². The zero-order chi connectivity index (χ0) is 18.3. The quantitative estimate of drug-likeness (QED) is 0.813. The van der Waals surface area contributed by atoms with E-state index in [1.165, 1.54) is 12.1 Å².